The van der Waals surface area contributed by atoms with Crippen molar-refractivity contribution in [3.63, 3.8) is 0 Å². The minimum absolute atomic E-state index is 0.0447. The summed E-state index contributed by atoms with van der Waals surface area (Å²) >= 11 is 1.34. The first-order chi connectivity index (χ1) is 16.8. The summed E-state index contributed by atoms with van der Waals surface area (Å²) in [6.45, 7) is -1.45. The van der Waals surface area contributed by atoms with Gasteiger partial charge in [0.1, 0.15) is 24.4 Å². The van der Waals surface area contributed by atoms with Gasteiger partial charge in [0.25, 0.3) is 11.5 Å². The number of ketones is 1. The Balaban J connectivity index is 1.93. The van der Waals surface area contributed by atoms with Crippen molar-refractivity contribution in [2.45, 2.75) is 24.9 Å². The minimum Gasteiger partial charge on any atom is -0.481 e. The Morgan fingerprint density at radius 3 is 2.40 bits per heavy atom. The number of carbonyl (C=O) groups is 4. The van der Waals surface area contributed by atoms with Crippen LogP contribution in [-0.4, -0.2) is 46.0 Å². The molecule has 0 bridgehead atoms. The molecule has 0 aliphatic carbocycles. The molecule has 35 heavy (non-hydrogen) atoms. The monoisotopic (exact) mass is 499 g/mol. The molecule has 3 rings (SSSR count). The van der Waals surface area contributed by atoms with Gasteiger partial charge in [-0.15, -0.1) is 11.3 Å². The Kier molecular flexibility index (Phi) is 8.63. The van der Waals surface area contributed by atoms with Gasteiger partial charge in [0.2, 0.25) is 5.91 Å². The lowest BCUT2D eigenvalue weighted by Gasteiger charge is -2.22. The number of anilines is 1. The molecule has 182 valence electrons. The average Bonchev–Trinajstić information content (AvgIpc) is 3.36. The van der Waals surface area contributed by atoms with Crippen LogP contribution >= 0.6 is 11.3 Å². The van der Waals surface area contributed by atoms with Gasteiger partial charge < -0.3 is 20.3 Å². The maximum absolute atomic E-state index is 13.2. The molecule has 0 fully saturated rings. The zero-order valence-electron chi connectivity index (χ0n) is 18.3. The normalized spacial score (nSPS) is 12.4. The molecule has 3 N–H and O–H groups in total. The van der Waals surface area contributed by atoms with E-state index < -0.39 is 54.3 Å². The van der Waals surface area contributed by atoms with E-state index in [1.165, 1.54) is 29.7 Å². The predicted molar refractivity (Wildman–Crippen MR) is 127 cm³/mol. The minimum atomic E-state index is -1.59. The van der Waals surface area contributed by atoms with Crippen LogP contribution in [0, 0.1) is 0 Å². The average molecular weight is 500 g/mol. The summed E-state index contributed by atoms with van der Waals surface area (Å²) in [7, 11) is 0. The highest BCUT2D eigenvalue weighted by atomic mass is 32.1. The number of carboxylic acids is 1. The zero-order chi connectivity index (χ0) is 25.4. The third-order valence-corrected chi connectivity index (χ3v) is 5.99. The van der Waals surface area contributed by atoms with Crippen molar-refractivity contribution in [2.75, 3.05) is 12.0 Å². The van der Waals surface area contributed by atoms with Crippen LogP contribution < -0.4 is 16.2 Å². The molecule has 0 spiro atoms. The Hall–Kier alpha value is -4.12. The maximum atomic E-state index is 13.2. The number of nitrogens with zero attached hydrogens (tertiary/aromatic N) is 1. The third kappa shape index (κ3) is 6.70. The van der Waals surface area contributed by atoms with Crippen molar-refractivity contribution in [2.24, 2.45) is 0 Å². The molecule has 11 heteroatoms. The first kappa shape index (κ1) is 25.5. The standard InChI is InChI=1S/C24H22FN3O6S/c25-14-20(29)18(13-21(30)31)27-23(33)19(12-16-8-5-11-35-16)28-10-4-9-17(24(28)34)26-22(32)15-6-2-1-3-7-15/h1-11,18-19H,12-14H2,(H,26,32)(H,27,33)(H,30,31)/t18-,19+/m1/s1. The fraction of sp³-hybridized carbons (Fsp3) is 0.208. The quantitative estimate of drug-likeness (QED) is 0.371. The van der Waals surface area contributed by atoms with Crippen LogP contribution in [0.3, 0.4) is 0 Å². The highest BCUT2D eigenvalue weighted by Gasteiger charge is 2.29. The number of pyridine rings is 1. The van der Waals surface area contributed by atoms with Gasteiger partial charge in [-0.2, -0.15) is 0 Å². The van der Waals surface area contributed by atoms with E-state index in [2.05, 4.69) is 10.6 Å². The molecule has 0 aliphatic heterocycles. The summed E-state index contributed by atoms with van der Waals surface area (Å²) < 4.78 is 14.0. The van der Waals surface area contributed by atoms with E-state index in [1.807, 2.05) is 0 Å². The summed E-state index contributed by atoms with van der Waals surface area (Å²) in [5, 5.41) is 15.6. The van der Waals surface area contributed by atoms with Crippen LogP contribution in [0.2, 0.25) is 0 Å². The van der Waals surface area contributed by atoms with Crippen molar-refractivity contribution in [3.05, 3.63) is 87.0 Å². The van der Waals surface area contributed by atoms with Crippen LogP contribution in [0.4, 0.5) is 10.1 Å². The van der Waals surface area contributed by atoms with Crippen LogP contribution in [0.15, 0.2) is 71.0 Å². The number of halogens is 1. The number of hydrogen-bond donors (Lipinski definition) is 3. The van der Waals surface area contributed by atoms with Crippen molar-refractivity contribution in [1.82, 2.24) is 9.88 Å². The molecular weight excluding hydrogens is 477 g/mol. The Morgan fingerprint density at radius 1 is 1.03 bits per heavy atom. The fourth-order valence-corrected chi connectivity index (χ4v) is 4.10. The first-order valence-corrected chi connectivity index (χ1v) is 11.4. The Labute approximate surface area is 203 Å². The van der Waals surface area contributed by atoms with E-state index in [-0.39, 0.29) is 12.1 Å². The van der Waals surface area contributed by atoms with Gasteiger partial charge in [-0.05, 0) is 35.7 Å². The van der Waals surface area contributed by atoms with E-state index in [9.17, 15) is 28.4 Å². The number of rotatable bonds is 11. The van der Waals surface area contributed by atoms with Gasteiger partial charge in [-0.25, -0.2) is 4.39 Å². The van der Waals surface area contributed by atoms with Gasteiger partial charge in [-0.3, -0.25) is 24.0 Å². The number of Topliss-reactive ketones (excluding diaryl/α,β-unsaturated/α-hetero) is 1. The third-order valence-electron chi connectivity index (χ3n) is 5.09. The van der Waals surface area contributed by atoms with Crippen molar-refractivity contribution >= 4 is 40.6 Å². The zero-order valence-corrected chi connectivity index (χ0v) is 19.2. The van der Waals surface area contributed by atoms with E-state index in [0.717, 1.165) is 9.44 Å². The van der Waals surface area contributed by atoms with Gasteiger partial charge in [0.05, 0.1) is 6.42 Å². The number of aliphatic carboxylic acids is 1. The van der Waals surface area contributed by atoms with Crippen LogP contribution in [0.5, 0.6) is 0 Å². The molecule has 0 saturated heterocycles. The molecule has 0 saturated carbocycles. The maximum Gasteiger partial charge on any atom is 0.305 e. The molecule has 2 atom stereocenters. The molecular formula is C24H22FN3O6S. The molecule has 2 amide bonds. The molecule has 2 heterocycles. The smallest absolute Gasteiger partial charge is 0.305 e. The second-order valence-electron chi connectivity index (χ2n) is 7.51. The summed E-state index contributed by atoms with van der Waals surface area (Å²) in [6.07, 6.45) is 0.590. The molecule has 0 aliphatic rings. The van der Waals surface area contributed by atoms with E-state index in [4.69, 9.17) is 5.11 Å². The number of alkyl halides is 1. The second-order valence-corrected chi connectivity index (χ2v) is 8.54. The van der Waals surface area contributed by atoms with Gasteiger partial charge in [-0.1, -0.05) is 24.3 Å². The summed E-state index contributed by atoms with van der Waals surface area (Å²) in [5.41, 5.74) is -0.427. The number of amides is 2. The van der Waals surface area contributed by atoms with Crippen molar-refractivity contribution in [1.29, 1.82) is 0 Å². The van der Waals surface area contributed by atoms with E-state index in [1.54, 1.807) is 47.8 Å². The number of thiophene rings is 1. The number of carbonyl (C=O) groups excluding carboxylic acids is 3. The highest BCUT2D eigenvalue weighted by molar-refractivity contribution is 7.09. The molecule has 3 aromatic rings. The van der Waals surface area contributed by atoms with Gasteiger partial charge in [0.15, 0.2) is 5.78 Å². The van der Waals surface area contributed by atoms with Crippen LogP contribution in [-0.2, 0) is 20.8 Å². The topological polar surface area (TPSA) is 135 Å². The lowest BCUT2D eigenvalue weighted by atomic mass is 10.1. The molecule has 0 unspecified atom stereocenters. The number of hydrogen-bond acceptors (Lipinski definition) is 6. The van der Waals surface area contributed by atoms with E-state index in [0.29, 0.717) is 5.56 Å². The largest absolute Gasteiger partial charge is 0.481 e. The van der Waals surface area contributed by atoms with E-state index >= 15 is 0 Å². The van der Waals surface area contributed by atoms with Gasteiger partial charge >= 0.3 is 5.97 Å². The lowest BCUT2D eigenvalue weighted by Crippen LogP contribution is -2.47. The number of nitrogens with one attached hydrogen (secondary N) is 2. The van der Waals surface area contributed by atoms with Crippen molar-refractivity contribution < 1.29 is 28.7 Å². The molecule has 1 aromatic carbocycles. The molecule has 0 radical (unpaired) electrons. The Bertz CT molecular complexity index is 1260. The van der Waals surface area contributed by atoms with Gasteiger partial charge in [0, 0.05) is 23.1 Å². The predicted octanol–water partition coefficient (Wildman–Crippen LogP) is 2.44. The SMILES string of the molecule is O=C(O)C[C@@H](NC(=O)[C@H](Cc1cccs1)n1cccc(NC(=O)c2ccccc2)c1=O)C(=O)CF. The summed E-state index contributed by atoms with van der Waals surface area (Å²) in [4.78, 5) is 62.6. The first-order valence-electron chi connectivity index (χ1n) is 10.5. The summed E-state index contributed by atoms with van der Waals surface area (Å²) in [6, 6.07) is 11.8. The Morgan fingerprint density at radius 2 is 1.77 bits per heavy atom. The number of benzene rings is 1. The highest BCUT2D eigenvalue weighted by Crippen LogP contribution is 2.19. The summed E-state index contributed by atoms with van der Waals surface area (Å²) in [5.74, 6) is -3.84. The molecule has 9 nitrogen and oxygen atoms in total. The lowest BCUT2D eigenvalue weighted by molar-refractivity contribution is -0.140. The number of carboxylic acid groups (broad SMARTS) is 1. The van der Waals surface area contributed by atoms with Crippen LogP contribution in [0.25, 0.3) is 0 Å². The fourth-order valence-electron chi connectivity index (χ4n) is 3.35. The van der Waals surface area contributed by atoms with Crippen molar-refractivity contribution in [3.8, 4) is 0 Å². The number of aromatic nitrogens is 1. The van der Waals surface area contributed by atoms with Crippen LogP contribution in [0.1, 0.15) is 27.7 Å². The second kappa shape index (κ2) is 11.8. The molecule has 2 aromatic heterocycles.